The number of nitrogens with zero attached hydrogens (tertiary/aromatic N) is 1. The molecule has 3 rings (SSSR count). The highest BCUT2D eigenvalue weighted by Gasteiger charge is 2.57. The van der Waals surface area contributed by atoms with E-state index in [2.05, 4.69) is 5.32 Å². The van der Waals surface area contributed by atoms with Crippen molar-refractivity contribution in [1.82, 2.24) is 4.31 Å². The number of nitrogens with one attached hydrogen (secondary N) is 1. The number of carbonyl (C=O) groups is 2. The number of carboxylic acids is 1. The molecule has 2 aliphatic rings. The van der Waals surface area contributed by atoms with Crippen LogP contribution in [0.2, 0.25) is 0 Å². The fourth-order valence-electron chi connectivity index (χ4n) is 3.84. The molecule has 2 fully saturated rings. The largest absolute Gasteiger partial charge is 0.481 e. The molecular weight excluding hydrogens is 332 g/mol. The van der Waals surface area contributed by atoms with Gasteiger partial charge < -0.3 is 10.4 Å². The van der Waals surface area contributed by atoms with E-state index in [1.807, 2.05) is 0 Å². The molecule has 0 radical (unpaired) electrons. The molecule has 1 aromatic rings. The number of anilines is 1. The zero-order chi connectivity index (χ0) is 17.5. The summed E-state index contributed by atoms with van der Waals surface area (Å²) in [6.45, 7) is 1.66. The molecule has 24 heavy (non-hydrogen) atoms. The van der Waals surface area contributed by atoms with Gasteiger partial charge in [-0.05, 0) is 43.0 Å². The lowest BCUT2D eigenvalue weighted by atomic mass is 9.81. The molecule has 0 aromatic heterocycles. The van der Waals surface area contributed by atoms with Crippen LogP contribution in [-0.2, 0) is 19.6 Å². The Morgan fingerprint density at radius 3 is 2.50 bits per heavy atom. The Morgan fingerprint density at radius 1 is 1.29 bits per heavy atom. The first kappa shape index (κ1) is 16.9. The third-order valence-corrected chi connectivity index (χ3v) is 6.90. The van der Waals surface area contributed by atoms with Crippen molar-refractivity contribution in [2.75, 3.05) is 18.4 Å². The molecule has 130 valence electrons. The maximum absolute atomic E-state index is 12.8. The molecule has 1 aromatic carbocycles. The van der Waals surface area contributed by atoms with Crippen LogP contribution in [0.3, 0.4) is 0 Å². The normalized spacial score (nSPS) is 27.0. The van der Waals surface area contributed by atoms with Crippen molar-refractivity contribution in [2.45, 2.75) is 31.1 Å². The molecule has 1 aliphatic carbocycles. The highest BCUT2D eigenvalue weighted by atomic mass is 32.2. The Kier molecular flexibility index (Phi) is 4.13. The predicted molar refractivity (Wildman–Crippen MR) is 86.9 cm³/mol. The quantitative estimate of drug-likeness (QED) is 0.855. The Hall–Kier alpha value is -1.93. The molecule has 0 unspecified atom stereocenters. The maximum Gasteiger partial charge on any atom is 0.311 e. The summed E-state index contributed by atoms with van der Waals surface area (Å²) >= 11 is 0. The molecule has 1 saturated heterocycles. The van der Waals surface area contributed by atoms with Gasteiger partial charge in [0.25, 0.3) is 0 Å². The van der Waals surface area contributed by atoms with Gasteiger partial charge in [-0.1, -0.05) is 6.42 Å². The number of carbonyl (C=O) groups excluding carboxylic acids is 1. The number of benzene rings is 1. The van der Waals surface area contributed by atoms with Crippen molar-refractivity contribution in [3.63, 3.8) is 0 Å². The van der Waals surface area contributed by atoms with E-state index in [0.29, 0.717) is 12.1 Å². The zero-order valence-electron chi connectivity index (χ0n) is 13.4. The fourth-order valence-corrected chi connectivity index (χ4v) is 5.39. The lowest BCUT2D eigenvalue weighted by molar-refractivity contribution is -0.149. The Morgan fingerprint density at radius 2 is 1.96 bits per heavy atom. The van der Waals surface area contributed by atoms with Gasteiger partial charge in [0.2, 0.25) is 15.9 Å². The van der Waals surface area contributed by atoms with Gasteiger partial charge in [0.15, 0.2) is 0 Å². The van der Waals surface area contributed by atoms with Crippen LogP contribution in [0, 0.1) is 11.3 Å². The number of amides is 1. The minimum atomic E-state index is -3.74. The average Bonchev–Trinajstić information content (AvgIpc) is 3.05. The van der Waals surface area contributed by atoms with Crippen molar-refractivity contribution in [3.05, 3.63) is 24.3 Å². The van der Waals surface area contributed by atoms with Crippen LogP contribution in [0.4, 0.5) is 5.69 Å². The minimum absolute atomic E-state index is 0.0305. The van der Waals surface area contributed by atoms with Crippen LogP contribution < -0.4 is 5.32 Å². The second kappa shape index (κ2) is 5.86. The topological polar surface area (TPSA) is 104 Å². The summed E-state index contributed by atoms with van der Waals surface area (Å²) in [4.78, 5) is 22.8. The highest BCUT2D eigenvalue weighted by molar-refractivity contribution is 7.89. The van der Waals surface area contributed by atoms with Gasteiger partial charge in [-0.2, -0.15) is 4.31 Å². The molecule has 1 heterocycles. The maximum atomic E-state index is 12.8. The van der Waals surface area contributed by atoms with Gasteiger partial charge in [-0.25, -0.2) is 8.42 Å². The minimum Gasteiger partial charge on any atom is -0.481 e. The van der Waals surface area contributed by atoms with E-state index in [0.717, 1.165) is 12.8 Å². The van der Waals surface area contributed by atoms with Crippen molar-refractivity contribution in [2.24, 2.45) is 11.3 Å². The van der Waals surface area contributed by atoms with Crippen molar-refractivity contribution < 1.29 is 23.1 Å². The van der Waals surface area contributed by atoms with Crippen LogP contribution >= 0.6 is 0 Å². The third kappa shape index (κ3) is 2.69. The van der Waals surface area contributed by atoms with Crippen molar-refractivity contribution in [3.8, 4) is 0 Å². The molecular formula is C16H20N2O5S. The van der Waals surface area contributed by atoms with Gasteiger partial charge >= 0.3 is 5.97 Å². The zero-order valence-corrected chi connectivity index (χ0v) is 14.2. The molecule has 2 N–H and O–H groups in total. The van der Waals surface area contributed by atoms with E-state index < -0.39 is 21.4 Å². The molecule has 7 nitrogen and oxygen atoms in total. The molecule has 8 heteroatoms. The second-order valence-corrected chi connectivity index (χ2v) is 8.49. The van der Waals surface area contributed by atoms with E-state index in [4.69, 9.17) is 0 Å². The molecule has 2 atom stereocenters. The van der Waals surface area contributed by atoms with Crippen molar-refractivity contribution >= 4 is 27.6 Å². The SMILES string of the molecule is CC(=O)Nc1ccc(S(=O)(=O)N2C[C@@H]3CCC[C@@]3(C(=O)O)C2)cc1. The molecule has 1 aliphatic heterocycles. The smallest absolute Gasteiger partial charge is 0.311 e. The molecule has 0 bridgehead atoms. The monoisotopic (exact) mass is 352 g/mol. The summed E-state index contributed by atoms with van der Waals surface area (Å²) < 4.78 is 26.9. The fraction of sp³-hybridized carbons (Fsp3) is 0.500. The Labute approximate surface area is 140 Å². The van der Waals surface area contributed by atoms with Gasteiger partial charge in [-0.3, -0.25) is 9.59 Å². The average molecular weight is 352 g/mol. The third-order valence-electron chi connectivity index (χ3n) is 5.08. The van der Waals surface area contributed by atoms with E-state index in [1.165, 1.54) is 35.5 Å². The first-order chi connectivity index (χ1) is 11.3. The second-order valence-electron chi connectivity index (χ2n) is 6.55. The first-order valence-corrected chi connectivity index (χ1v) is 9.31. The Balaban J connectivity index is 1.84. The summed E-state index contributed by atoms with van der Waals surface area (Å²) in [5.41, 5.74) is -0.426. The Bertz CT molecular complexity index is 774. The number of fused-ring (bicyclic) bond motifs is 1. The lowest BCUT2D eigenvalue weighted by Gasteiger charge is -2.23. The summed E-state index contributed by atoms with van der Waals surface area (Å²) in [5.74, 6) is -1.26. The van der Waals surface area contributed by atoms with Crippen LogP contribution in [-0.4, -0.2) is 42.8 Å². The molecule has 1 saturated carbocycles. The summed E-state index contributed by atoms with van der Waals surface area (Å²) in [6.07, 6.45) is 2.11. The number of aliphatic carboxylic acids is 1. The number of hydrogen-bond acceptors (Lipinski definition) is 4. The van der Waals surface area contributed by atoms with Gasteiger partial charge in [0.05, 0.1) is 10.3 Å². The van der Waals surface area contributed by atoms with E-state index in [-0.39, 0.29) is 29.8 Å². The predicted octanol–water partition coefficient (Wildman–Crippen LogP) is 1.52. The highest BCUT2D eigenvalue weighted by Crippen LogP contribution is 2.50. The van der Waals surface area contributed by atoms with Gasteiger partial charge in [0, 0.05) is 25.7 Å². The van der Waals surface area contributed by atoms with E-state index >= 15 is 0 Å². The summed E-state index contributed by atoms with van der Waals surface area (Å²) in [5, 5.41) is 12.2. The molecule has 1 amide bonds. The van der Waals surface area contributed by atoms with Crippen molar-refractivity contribution in [1.29, 1.82) is 0 Å². The first-order valence-electron chi connectivity index (χ1n) is 7.87. The summed E-state index contributed by atoms with van der Waals surface area (Å²) in [7, 11) is -3.74. The van der Waals surface area contributed by atoms with Crippen LogP contribution in [0.15, 0.2) is 29.2 Å². The van der Waals surface area contributed by atoms with Gasteiger partial charge in [0.1, 0.15) is 0 Å². The van der Waals surface area contributed by atoms with Crippen LogP contribution in [0.5, 0.6) is 0 Å². The van der Waals surface area contributed by atoms with E-state index in [9.17, 15) is 23.1 Å². The van der Waals surface area contributed by atoms with Gasteiger partial charge in [-0.15, -0.1) is 0 Å². The standard InChI is InChI=1S/C16H20N2O5S/c1-11(19)17-13-4-6-14(7-5-13)24(22,23)18-9-12-3-2-8-16(12,10-18)15(20)21/h4-7,12H,2-3,8-10H2,1H3,(H,17,19)(H,20,21)/t12-,16+/m0/s1. The van der Waals surface area contributed by atoms with Crippen LogP contribution in [0.25, 0.3) is 0 Å². The lowest BCUT2D eigenvalue weighted by Crippen LogP contribution is -2.37. The number of carboxylic acid groups (broad SMARTS) is 1. The van der Waals surface area contributed by atoms with E-state index in [1.54, 1.807) is 0 Å². The number of hydrogen-bond donors (Lipinski definition) is 2. The number of sulfonamides is 1. The molecule has 0 spiro atoms. The summed E-state index contributed by atoms with van der Waals surface area (Å²) in [6, 6.07) is 5.92. The van der Waals surface area contributed by atoms with Crippen LogP contribution in [0.1, 0.15) is 26.2 Å². The number of rotatable bonds is 4.